The van der Waals surface area contributed by atoms with Gasteiger partial charge >= 0.3 is 0 Å². The Balaban J connectivity index is 2.05. The Morgan fingerprint density at radius 2 is 1.90 bits per heavy atom. The van der Waals surface area contributed by atoms with Gasteiger partial charge in [-0.05, 0) is 36.8 Å². The highest BCUT2D eigenvalue weighted by atomic mass is 16.5. The van der Waals surface area contributed by atoms with Gasteiger partial charge in [0.2, 0.25) is 0 Å². The standard InChI is InChI=1S/C17H19NO3/c1-3-21-16-6-4-5-14(17(16)19)12-18-11-13-7-9-15(20-2)10-8-13/h4-10,12,19H,3,11H2,1-2H3. The molecule has 0 bridgehead atoms. The highest BCUT2D eigenvalue weighted by Gasteiger charge is 2.05. The summed E-state index contributed by atoms with van der Waals surface area (Å²) >= 11 is 0. The van der Waals surface area contributed by atoms with E-state index in [1.165, 1.54) is 0 Å². The minimum atomic E-state index is 0.123. The van der Waals surface area contributed by atoms with Crippen LogP contribution in [0.4, 0.5) is 0 Å². The molecule has 21 heavy (non-hydrogen) atoms. The van der Waals surface area contributed by atoms with Crippen LogP contribution >= 0.6 is 0 Å². The number of methoxy groups -OCH3 is 1. The van der Waals surface area contributed by atoms with Crippen LogP contribution in [0, 0.1) is 0 Å². The second-order valence-electron chi connectivity index (χ2n) is 4.44. The van der Waals surface area contributed by atoms with Gasteiger partial charge in [-0.1, -0.05) is 18.2 Å². The predicted octanol–water partition coefficient (Wildman–Crippen LogP) is 3.42. The van der Waals surface area contributed by atoms with Crippen molar-refractivity contribution in [3.63, 3.8) is 0 Å². The van der Waals surface area contributed by atoms with Crippen molar-refractivity contribution in [3.8, 4) is 17.2 Å². The number of nitrogens with zero attached hydrogens (tertiary/aromatic N) is 1. The van der Waals surface area contributed by atoms with Crippen molar-refractivity contribution in [2.24, 2.45) is 4.99 Å². The van der Waals surface area contributed by atoms with Crippen LogP contribution in [0.15, 0.2) is 47.5 Å². The maximum Gasteiger partial charge on any atom is 0.166 e. The molecule has 0 unspecified atom stereocenters. The quantitative estimate of drug-likeness (QED) is 0.827. The van der Waals surface area contributed by atoms with Crippen LogP contribution in [-0.2, 0) is 6.54 Å². The molecule has 0 saturated carbocycles. The predicted molar refractivity (Wildman–Crippen MR) is 83.6 cm³/mol. The Morgan fingerprint density at radius 1 is 1.14 bits per heavy atom. The van der Waals surface area contributed by atoms with Crippen LogP contribution in [0.1, 0.15) is 18.1 Å². The first-order chi connectivity index (χ1) is 10.2. The van der Waals surface area contributed by atoms with Gasteiger partial charge in [0.25, 0.3) is 0 Å². The first-order valence-electron chi connectivity index (χ1n) is 6.82. The Kier molecular flexibility index (Phi) is 5.21. The fourth-order valence-corrected chi connectivity index (χ4v) is 1.90. The summed E-state index contributed by atoms with van der Waals surface area (Å²) in [7, 11) is 1.64. The molecule has 0 aliphatic carbocycles. The number of hydrogen-bond donors (Lipinski definition) is 1. The Hall–Kier alpha value is -2.49. The van der Waals surface area contributed by atoms with E-state index in [0.717, 1.165) is 11.3 Å². The fourth-order valence-electron chi connectivity index (χ4n) is 1.90. The van der Waals surface area contributed by atoms with Crippen molar-refractivity contribution in [2.45, 2.75) is 13.5 Å². The lowest BCUT2D eigenvalue weighted by atomic mass is 10.2. The second kappa shape index (κ2) is 7.33. The van der Waals surface area contributed by atoms with Gasteiger partial charge in [0, 0.05) is 11.8 Å². The molecule has 110 valence electrons. The molecule has 0 aliphatic heterocycles. The van der Waals surface area contributed by atoms with Crippen LogP contribution in [-0.4, -0.2) is 25.0 Å². The number of phenolic OH excluding ortho intramolecular Hbond substituents is 1. The lowest BCUT2D eigenvalue weighted by Gasteiger charge is -2.07. The summed E-state index contributed by atoms with van der Waals surface area (Å²) in [6.45, 7) is 2.94. The van der Waals surface area contributed by atoms with Crippen molar-refractivity contribution in [2.75, 3.05) is 13.7 Å². The molecule has 4 heteroatoms. The molecule has 0 saturated heterocycles. The third-order valence-corrected chi connectivity index (χ3v) is 2.99. The van der Waals surface area contributed by atoms with E-state index in [-0.39, 0.29) is 5.75 Å². The van der Waals surface area contributed by atoms with Crippen LogP contribution in [0.5, 0.6) is 17.2 Å². The van der Waals surface area contributed by atoms with Gasteiger partial charge in [0.1, 0.15) is 5.75 Å². The summed E-state index contributed by atoms with van der Waals surface area (Å²) in [6.07, 6.45) is 1.65. The Bertz CT molecular complexity index is 606. The molecule has 1 N–H and O–H groups in total. The van der Waals surface area contributed by atoms with Crippen molar-refractivity contribution < 1.29 is 14.6 Å². The minimum Gasteiger partial charge on any atom is -0.504 e. The maximum atomic E-state index is 10.1. The van der Waals surface area contributed by atoms with Crippen molar-refractivity contribution in [1.29, 1.82) is 0 Å². The maximum absolute atomic E-state index is 10.1. The molecule has 2 aromatic rings. The largest absolute Gasteiger partial charge is 0.504 e. The van der Waals surface area contributed by atoms with Gasteiger partial charge in [-0.2, -0.15) is 0 Å². The second-order valence-corrected chi connectivity index (χ2v) is 4.44. The van der Waals surface area contributed by atoms with E-state index in [0.29, 0.717) is 24.5 Å². The van der Waals surface area contributed by atoms with Gasteiger partial charge in [-0.3, -0.25) is 4.99 Å². The fraction of sp³-hybridized carbons (Fsp3) is 0.235. The van der Waals surface area contributed by atoms with Gasteiger partial charge in [-0.15, -0.1) is 0 Å². The number of rotatable bonds is 6. The highest BCUT2D eigenvalue weighted by Crippen LogP contribution is 2.28. The molecule has 4 nitrogen and oxygen atoms in total. The summed E-state index contributed by atoms with van der Waals surface area (Å²) in [5.74, 6) is 1.42. The summed E-state index contributed by atoms with van der Waals surface area (Å²) in [5.41, 5.74) is 1.72. The summed E-state index contributed by atoms with van der Waals surface area (Å²) in [4.78, 5) is 4.35. The van der Waals surface area contributed by atoms with E-state index in [9.17, 15) is 5.11 Å². The van der Waals surface area contributed by atoms with Gasteiger partial charge in [-0.25, -0.2) is 0 Å². The average molecular weight is 285 g/mol. The molecule has 0 fully saturated rings. The van der Waals surface area contributed by atoms with E-state index in [4.69, 9.17) is 9.47 Å². The number of aliphatic imine (C=N–C) groups is 1. The third kappa shape index (κ3) is 3.99. The molecule has 0 amide bonds. The topological polar surface area (TPSA) is 51.0 Å². The summed E-state index contributed by atoms with van der Waals surface area (Å²) < 4.78 is 10.5. The number of phenols is 1. The number of hydrogen-bond acceptors (Lipinski definition) is 4. The van der Waals surface area contributed by atoms with Gasteiger partial charge in [0.15, 0.2) is 11.5 Å². The van der Waals surface area contributed by atoms with E-state index in [1.54, 1.807) is 25.5 Å². The van der Waals surface area contributed by atoms with Crippen molar-refractivity contribution >= 4 is 6.21 Å². The van der Waals surface area contributed by atoms with Gasteiger partial charge in [0.05, 0.1) is 20.3 Å². The molecule has 0 aliphatic rings. The van der Waals surface area contributed by atoms with Crippen LogP contribution in [0.3, 0.4) is 0 Å². The Morgan fingerprint density at radius 3 is 2.57 bits per heavy atom. The van der Waals surface area contributed by atoms with E-state index < -0.39 is 0 Å². The monoisotopic (exact) mass is 285 g/mol. The number of aromatic hydroxyl groups is 1. The van der Waals surface area contributed by atoms with Crippen molar-refractivity contribution in [1.82, 2.24) is 0 Å². The third-order valence-electron chi connectivity index (χ3n) is 2.99. The number of benzene rings is 2. The number of ether oxygens (including phenoxy) is 2. The molecule has 2 aromatic carbocycles. The Labute approximate surface area is 124 Å². The molecule has 0 atom stereocenters. The van der Waals surface area contributed by atoms with Crippen LogP contribution < -0.4 is 9.47 Å². The average Bonchev–Trinajstić information content (AvgIpc) is 2.52. The van der Waals surface area contributed by atoms with Crippen LogP contribution in [0.2, 0.25) is 0 Å². The smallest absolute Gasteiger partial charge is 0.166 e. The highest BCUT2D eigenvalue weighted by molar-refractivity contribution is 5.84. The zero-order chi connectivity index (χ0) is 15.1. The zero-order valence-electron chi connectivity index (χ0n) is 12.2. The molecular formula is C17H19NO3. The molecule has 2 rings (SSSR count). The van der Waals surface area contributed by atoms with Gasteiger partial charge < -0.3 is 14.6 Å². The SMILES string of the molecule is CCOc1cccc(C=NCc2ccc(OC)cc2)c1O. The van der Waals surface area contributed by atoms with Crippen molar-refractivity contribution in [3.05, 3.63) is 53.6 Å². The van der Waals surface area contributed by atoms with Crippen LogP contribution in [0.25, 0.3) is 0 Å². The summed E-state index contributed by atoms with van der Waals surface area (Å²) in [5, 5.41) is 10.1. The molecule has 0 radical (unpaired) electrons. The normalized spacial score (nSPS) is 10.8. The first kappa shape index (κ1) is 14.9. The zero-order valence-corrected chi connectivity index (χ0v) is 12.2. The van der Waals surface area contributed by atoms with E-state index in [1.807, 2.05) is 37.3 Å². The summed E-state index contributed by atoms with van der Waals surface area (Å²) in [6, 6.07) is 13.1. The molecule has 0 spiro atoms. The molecular weight excluding hydrogens is 266 g/mol. The first-order valence-corrected chi connectivity index (χ1v) is 6.82. The lowest BCUT2D eigenvalue weighted by molar-refractivity contribution is 0.318. The minimum absolute atomic E-state index is 0.123. The van der Waals surface area contributed by atoms with E-state index in [2.05, 4.69) is 4.99 Å². The van der Waals surface area contributed by atoms with E-state index >= 15 is 0 Å². The lowest BCUT2D eigenvalue weighted by Crippen LogP contribution is -1.94. The molecule has 0 aromatic heterocycles. The molecule has 0 heterocycles. The number of para-hydroxylation sites is 1.